The van der Waals surface area contributed by atoms with Gasteiger partial charge in [0.1, 0.15) is 16.4 Å². The predicted octanol–water partition coefficient (Wildman–Crippen LogP) is 1.05. The second-order valence-corrected chi connectivity index (χ2v) is 9.34. The number of nitrogen functional groups attached to an aromatic ring is 1. The number of pyridine rings is 1. The summed E-state index contributed by atoms with van der Waals surface area (Å²) >= 11 is 0. The van der Waals surface area contributed by atoms with Gasteiger partial charge in [-0.2, -0.15) is 0 Å². The van der Waals surface area contributed by atoms with Gasteiger partial charge in [-0.25, -0.2) is 28.2 Å². The minimum absolute atomic E-state index is 0.131. The van der Waals surface area contributed by atoms with E-state index in [0.29, 0.717) is 29.9 Å². The molecule has 3 rings (SSSR count). The van der Waals surface area contributed by atoms with Crippen molar-refractivity contribution in [3.63, 3.8) is 0 Å². The topological polar surface area (TPSA) is 160 Å². The number of aliphatic hydroxyl groups excluding tert-OH is 1. The summed E-state index contributed by atoms with van der Waals surface area (Å²) in [5, 5.41) is 13.7. The third-order valence-electron chi connectivity index (χ3n) is 4.99. The van der Waals surface area contributed by atoms with E-state index in [-0.39, 0.29) is 24.8 Å². The fourth-order valence-corrected chi connectivity index (χ4v) is 5.04. The van der Waals surface area contributed by atoms with Crippen LogP contribution in [0.15, 0.2) is 24.4 Å². The minimum atomic E-state index is -3.39. The number of urea groups is 1. The molecule has 0 radical (unpaired) electrons. The largest absolute Gasteiger partial charge is 0.395 e. The highest BCUT2D eigenvalue weighted by Crippen LogP contribution is 2.45. The molecule has 5 N–H and O–H groups in total. The van der Waals surface area contributed by atoms with Crippen molar-refractivity contribution in [3.8, 4) is 11.4 Å². The van der Waals surface area contributed by atoms with E-state index in [4.69, 9.17) is 10.8 Å². The van der Waals surface area contributed by atoms with Gasteiger partial charge in [-0.05, 0) is 25.0 Å². The summed E-state index contributed by atoms with van der Waals surface area (Å²) in [5.74, 6) is 0.765. The summed E-state index contributed by atoms with van der Waals surface area (Å²) < 4.78 is 24.1. The number of nitrogens with one attached hydrogen (secondary N) is 2. The summed E-state index contributed by atoms with van der Waals surface area (Å²) in [6.45, 7) is -0.0320. The van der Waals surface area contributed by atoms with Crippen LogP contribution in [0.5, 0.6) is 0 Å². The van der Waals surface area contributed by atoms with Crippen LogP contribution < -0.4 is 16.4 Å². The molecule has 29 heavy (non-hydrogen) atoms. The fraction of sp³-hybridized carbons (Fsp3) is 0.444. The van der Waals surface area contributed by atoms with Gasteiger partial charge in [0.2, 0.25) is 0 Å². The van der Waals surface area contributed by atoms with Gasteiger partial charge in [-0.3, -0.25) is 5.32 Å². The summed E-state index contributed by atoms with van der Waals surface area (Å²) in [7, 11) is -3.39. The molecule has 0 aromatic carbocycles. The van der Waals surface area contributed by atoms with Crippen molar-refractivity contribution in [1.82, 2.24) is 20.3 Å². The smallest absolute Gasteiger partial charge is 0.320 e. The predicted molar refractivity (Wildman–Crippen MR) is 109 cm³/mol. The first kappa shape index (κ1) is 20.9. The second kappa shape index (κ2) is 8.29. The highest BCUT2D eigenvalue weighted by Gasteiger charge is 2.46. The summed E-state index contributed by atoms with van der Waals surface area (Å²) in [6.07, 6.45) is 5.35. The molecule has 2 aromatic heterocycles. The van der Waals surface area contributed by atoms with Crippen LogP contribution in [-0.4, -0.2) is 53.9 Å². The van der Waals surface area contributed by atoms with Gasteiger partial charge >= 0.3 is 6.03 Å². The van der Waals surface area contributed by atoms with E-state index in [0.717, 1.165) is 12.8 Å². The van der Waals surface area contributed by atoms with E-state index in [1.807, 2.05) is 0 Å². The standard InChI is InChI=1S/C18H24N6O4S/c1-29(27,28)18(6-2-3-7-18)13-10-14(19)23-16(22-13)12-4-5-15(21-11-12)24-17(26)20-8-9-25/h4-5,10-11,25H,2-3,6-9H2,1H3,(H2,19,22,23)(H2,20,21,24,26). The normalized spacial score (nSPS) is 15.8. The number of aliphatic hydroxyl groups is 1. The molecule has 1 aliphatic carbocycles. The quantitative estimate of drug-likeness (QED) is 0.539. The van der Waals surface area contributed by atoms with Crippen LogP contribution in [0.1, 0.15) is 31.4 Å². The molecule has 1 aliphatic rings. The van der Waals surface area contributed by atoms with E-state index in [1.165, 1.54) is 18.5 Å². The number of amides is 2. The third-order valence-corrected chi connectivity index (χ3v) is 7.03. The van der Waals surface area contributed by atoms with E-state index in [2.05, 4.69) is 25.6 Å². The van der Waals surface area contributed by atoms with Gasteiger partial charge in [-0.1, -0.05) is 12.8 Å². The maximum absolute atomic E-state index is 12.6. The van der Waals surface area contributed by atoms with Gasteiger partial charge in [0.05, 0.1) is 12.3 Å². The molecule has 11 heteroatoms. The average molecular weight is 420 g/mol. The minimum Gasteiger partial charge on any atom is -0.395 e. The molecule has 2 aromatic rings. The summed E-state index contributed by atoms with van der Waals surface area (Å²) in [5.41, 5.74) is 6.91. The van der Waals surface area contributed by atoms with Gasteiger partial charge < -0.3 is 16.2 Å². The third kappa shape index (κ3) is 4.46. The van der Waals surface area contributed by atoms with Crippen molar-refractivity contribution in [2.75, 3.05) is 30.5 Å². The van der Waals surface area contributed by atoms with Crippen molar-refractivity contribution in [3.05, 3.63) is 30.1 Å². The maximum Gasteiger partial charge on any atom is 0.320 e. The first-order chi connectivity index (χ1) is 13.7. The van der Waals surface area contributed by atoms with Crippen LogP contribution in [0.25, 0.3) is 11.4 Å². The Kier molecular flexibility index (Phi) is 5.99. The van der Waals surface area contributed by atoms with Crippen molar-refractivity contribution in [2.45, 2.75) is 30.4 Å². The zero-order valence-electron chi connectivity index (χ0n) is 16.1. The monoisotopic (exact) mass is 420 g/mol. The zero-order chi connectivity index (χ0) is 21.1. The molecule has 156 valence electrons. The summed E-state index contributed by atoms with van der Waals surface area (Å²) in [4.78, 5) is 24.5. The lowest BCUT2D eigenvalue weighted by Crippen LogP contribution is -2.33. The zero-order valence-corrected chi connectivity index (χ0v) is 16.9. The molecule has 0 aliphatic heterocycles. The number of hydrogen-bond acceptors (Lipinski definition) is 8. The van der Waals surface area contributed by atoms with E-state index < -0.39 is 20.6 Å². The molecule has 1 fully saturated rings. The lowest BCUT2D eigenvalue weighted by atomic mass is 10.0. The number of hydrogen-bond donors (Lipinski definition) is 4. The lowest BCUT2D eigenvalue weighted by molar-refractivity contribution is 0.244. The lowest BCUT2D eigenvalue weighted by Gasteiger charge is -2.26. The Morgan fingerprint density at radius 3 is 2.59 bits per heavy atom. The Hall–Kier alpha value is -2.79. The summed E-state index contributed by atoms with van der Waals surface area (Å²) in [6, 6.07) is 4.28. The van der Waals surface area contributed by atoms with Gasteiger partial charge in [-0.15, -0.1) is 0 Å². The van der Waals surface area contributed by atoms with Crippen LogP contribution in [0.4, 0.5) is 16.4 Å². The Bertz CT molecular complexity index is 988. The molecule has 0 spiro atoms. The number of nitrogens with zero attached hydrogens (tertiary/aromatic N) is 3. The van der Waals surface area contributed by atoms with E-state index in [1.54, 1.807) is 12.1 Å². The van der Waals surface area contributed by atoms with Gasteiger partial charge in [0.15, 0.2) is 15.7 Å². The van der Waals surface area contributed by atoms with Crippen LogP contribution >= 0.6 is 0 Å². The fourth-order valence-electron chi connectivity index (χ4n) is 3.52. The van der Waals surface area contributed by atoms with Crippen LogP contribution in [0.3, 0.4) is 0 Å². The SMILES string of the molecule is CS(=O)(=O)C1(c2cc(N)nc(-c3ccc(NC(=O)NCCO)nc3)n2)CCCC1. The Morgan fingerprint density at radius 1 is 1.28 bits per heavy atom. The van der Waals surface area contributed by atoms with Crippen molar-refractivity contribution >= 4 is 27.5 Å². The molecule has 1 saturated carbocycles. The molecule has 2 heterocycles. The first-order valence-corrected chi connectivity index (χ1v) is 11.1. The molecule has 0 unspecified atom stereocenters. The molecule has 10 nitrogen and oxygen atoms in total. The Morgan fingerprint density at radius 2 is 2.00 bits per heavy atom. The van der Waals surface area contributed by atoms with Crippen LogP contribution in [-0.2, 0) is 14.6 Å². The van der Waals surface area contributed by atoms with Crippen LogP contribution in [0.2, 0.25) is 0 Å². The number of sulfone groups is 1. The van der Waals surface area contributed by atoms with E-state index >= 15 is 0 Å². The number of rotatable bonds is 6. The Labute approximate surface area is 168 Å². The number of nitrogens with two attached hydrogens (primary N) is 1. The second-order valence-electron chi connectivity index (χ2n) is 7.01. The molecule has 0 bridgehead atoms. The maximum atomic E-state index is 12.6. The Balaban J connectivity index is 1.89. The highest BCUT2D eigenvalue weighted by atomic mass is 32.2. The van der Waals surface area contributed by atoms with Crippen molar-refractivity contribution in [1.29, 1.82) is 0 Å². The molecule has 0 saturated heterocycles. The van der Waals surface area contributed by atoms with Crippen molar-refractivity contribution in [2.24, 2.45) is 0 Å². The van der Waals surface area contributed by atoms with Crippen LogP contribution in [0, 0.1) is 0 Å². The molecule has 0 atom stereocenters. The van der Waals surface area contributed by atoms with Gasteiger partial charge in [0.25, 0.3) is 0 Å². The number of carbonyl (C=O) groups excluding carboxylic acids is 1. The molecular weight excluding hydrogens is 396 g/mol. The number of aromatic nitrogens is 3. The van der Waals surface area contributed by atoms with Gasteiger partial charge in [0, 0.05) is 30.6 Å². The highest BCUT2D eigenvalue weighted by molar-refractivity contribution is 7.91. The average Bonchev–Trinajstić information content (AvgIpc) is 3.18. The number of carbonyl (C=O) groups is 1. The van der Waals surface area contributed by atoms with Crippen molar-refractivity contribution < 1.29 is 18.3 Å². The molecule has 2 amide bonds. The number of anilines is 2. The first-order valence-electron chi connectivity index (χ1n) is 9.22. The van der Waals surface area contributed by atoms with E-state index in [9.17, 15) is 13.2 Å². The molecular formula is C18H24N6O4S.